The van der Waals surface area contributed by atoms with E-state index in [0.717, 1.165) is 36.7 Å². The third-order valence-electron chi connectivity index (χ3n) is 3.38. The topological polar surface area (TPSA) is 56.9 Å². The highest BCUT2D eigenvalue weighted by atomic mass is 15.4. The van der Waals surface area contributed by atoms with Crippen molar-refractivity contribution in [1.29, 1.82) is 5.26 Å². The van der Waals surface area contributed by atoms with Crippen LogP contribution in [0.15, 0.2) is 0 Å². The van der Waals surface area contributed by atoms with Gasteiger partial charge in [-0.25, -0.2) is 0 Å². The number of aryl methyl sites for hydroxylation is 2. The van der Waals surface area contributed by atoms with Gasteiger partial charge in [0.1, 0.15) is 17.5 Å². The average Bonchev–Trinajstić information content (AvgIpc) is 2.83. The molecule has 1 saturated heterocycles. The third kappa shape index (κ3) is 2.13. The van der Waals surface area contributed by atoms with Crippen molar-refractivity contribution in [3.05, 3.63) is 11.3 Å². The number of nitrogens with zero attached hydrogens (tertiary/aromatic N) is 4. The predicted molar refractivity (Wildman–Crippen MR) is 66.9 cm³/mol. The van der Waals surface area contributed by atoms with Crippen LogP contribution in [-0.4, -0.2) is 36.5 Å². The molecule has 0 aliphatic carbocycles. The van der Waals surface area contributed by atoms with Crippen LogP contribution in [0.4, 0.5) is 5.82 Å². The van der Waals surface area contributed by atoms with E-state index in [1.54, 1.807) is 0 Å². The number of nitriles is 1. The van der Waals surface area contributed by atoms with Gasteiger partial charge in [-0.3, -0.25) is 4.68 Å². The molecule has 5 nitrogen and oxygen atoms in total. The minimum atomic E-state index is 0.668. The van der Waals surface area contributed by atoms with E-state index in [1.165, 1.54) is 6.42 Å². The Bertz CT molecular complexity index is 442. The Hall–Kier alpha value is -1.54. The lowest BCUT2D eigenvalue weighted by molar-refractivity contribution is 0.548. The summed E-state index contributed by atoms with van der Waals surface area (Å²) in [4.78, 5) is 2.28. The zero-order valence-corrected chi connectivity index (χ0v) is 10.7. The Morgan fingerprint density at radius 1 is 1.59 bits per heavy atom. The maximum atomic E-state index is 9.20. The van der Waals surface area contributed by atoms with Crippen LogP contribution >= 0.6 is 0 Å². The van der Waals surface area contributed by atoms with E-state index in [1.807, 2.05) is 25.7 Å². The standard InChI is InChI=1S/C12H19N5/c1-9-11(6-13)12(16(3)15-9)17-5-4-10(8-17)7-14-2/h10,14H,4-5,7-8H2,1-3H3. The highest BCUT2D eigenvalue weighted by Crippen LogP contribution is 2.27. The van der Waals surface area contributed by atoms with Gasteiger partial charge in [0.05, 0.1) is 5.69 Å². The lowest BCUT2D eigenvalue weighted by atomic mass is 10.1. The number of hydrogen-bond acceptors (Lipinski definition) is 4. The first kappa shape index (κ1) is 11.9. The highest BCUT2D eigenvalue weighted by molar-refractivity contribution is 5.57. The van der Waals surface area contributed by atoms with Crippen LogP contribution in [0, 0.1) is 24.2 Å². The van der Waals surface area contributed by atoms with E-state index < -0.39 is 0 Å². The zero-order chi connectivity index (χ0) is 12.4. The summed E-state index contributed by atoms with van der Waals surface area (Å²) in [6, 6.07) is 2.27. The van der Waals surface area contributed by atoms with Crippen molar-refractivity contribution in [2.24, 2.45) is 13.0 Å². The van der Waals surface area contributed by atoms with E-state index >= 15 is 0 Å². The van der Waals surface area contributed by atoms with Crippen LogP contribution in [0.5, 0.6) is 0 Å². The van der Waals surface area contributed by atoms with E-state index in [0.29, 0.717) is 5.92 Å². The lowest BCUT2D eigenvalue weighted by Crippen LogP contribution is -2.26. The average molecular weight is 233 g/mol. The molecule has 1 fully saturated rings. The molecule has 1 aliphatic heterocycles. The fourth-order valence-electron chi connectivity index (χ4n) is 2.62. The van der Waals surface area contributed by atoms with Gasteiger partial charge in [-0.1, -0.05) is 0 Å². The van der Waals surface area contributed by atoms with Gasteiger partial charge >= 0.3 is 0 Å². The van der Waals surface area contributed by atoms with Gasteiger partial charge in [-0.15, -0.1) is 0 Å². The van der Waals surface area contributed by atoms with Crippen molar-refractivity contribution in [2.45, 2.75) is 13.3 Å². The number of anilines is 1. The van der Waals surface area contributed by atoms with Gasteiger partial charge < -0.3 is 10.2 Å². The molecule has 0 spiro atoms. The van der Waals surface area contributed by atoms with Crippen LogP contribution in [0.2, 0.25) is 0 Å². The van der Waals surface area contributed by atoms with Gasteiger partial charge in [0, 0.05) is 20.1 Å². The molecule has 1 unspecified atom stereocenters. The molecule has 1 aromatic rings. The molecule has 0 saturated carbocycles. The maximum Gasteiger partial charge on any atom is 0.144 e. The molecule has 92 valence electrons. The van der Waals surface area contributed by atoms with Crippen LogP contribution < -0.4 is 10.2 Å². The largest absolute Gasteiger partial charge is 0.355 e. The van der Waals surface area contributed by atoms with Crippen molar-refractivity contribution in [2.75, 3.05) is 31.6 Å². The molecule has 1 N–H and O–H groups in total. The smallest absolute Gasteiger partial charge is 0.144 e. The summed E-state index contributed by atoms with van der Waals surface area (Å²) < 4.78 is 1.83. The normalized spacial score (nSPS) is 19.6. The summed E-state index contributed by atoms with van der Waals surface area (Å²) in [5.74, 6) is 1.64. The van der Waals surface area contributed by atoms with Crippen molar-refractivity contribution in [3.63, 3.8) is 0 Å². The maximum absolute atomic E-state index is 9.20. The second-order valence-electron chi connectivity index (χ2n) is 4.68. The number of nitrogens with one attached hydrogen (secondary N) is 1. The summed E-state index contributed by atoms with van der Waals surface area (Å²) in [5.41, 5.74) is 1.54. The summed E-state index contributed by atoms with van der Waals surface area (Å²) in [6.07, 6.45) is 1.18. The van der Waals surface area contributed by atoms with Gasteiger partial charge in [0.2, 0.25) is 0 Å². The van der Waals surface area contributed by atoms with Gasteiger partial charge in [-0.2, -0.15) is 10.4 Å². The van der Waals surface area contributed by atoms with E-state index in [4.69, 9.17) is 0 Å². The van der Waals surface area contributed by atoms with Gasteiger partial charge in [0.15, 0.2) is 0 Å². The molecule has 2 rings (SSSR count). The van der Waals surface area contributed by atoms with Crippen LogP contribution in [0.25, 0.3) is 0 Å². The summed E-state index contributed by atoms with van der Waals surface area (Å²) in [5, 5.41) is 16.8. The molecular weight excluding hydrogens is 214 g/mol. The molecule has 1 aliphatic rings. The Kier molecular flexibility index (Phi) is 3.34. The van der Waals surface area contributed by atoms with Crippen molar-refractivity contribution in [1.82, 2.24) is 15.1 Å². The zero-order valence-electron chi connectivity index (χ0n) is 10.7. The summed E-state index contributed by atoms with van der Waals surface area (Å²) in [7, 11) is 3.89. The van der Waals surface area contributed by atoms with Gasteiger partial charge in [0.25, 0.3) is 0 Å². The second kappa shape index (κ2) is 4.76. The molecule has 17 heavy (non-hydrogen) atoms. The first-order valence-electron chi connectivity index (χ1n) is 6.00. The fraction of sp³-hybridized carbons (Fsp3) is 0.667. The van der Waals surface area contributed by atoms with Crippen LogP contribution in [0.3, 0.4) is 0 Å². The molecular formula is C12H19N5. The number of aromatic nitrogens is 2. The third-order valence-corrected chi connectivity index (χ3v) is 3.38. The molecule has 5 heteroatoms. The van der Waals surface area contributed by atoms with Gasteiger partial charge in [-0.05, 0) is 32.9 Å². The molecule has 1 aromatic heterocycles. The van der Waals surface area contributed by atoms with E-state index in [-0.39, 0.29) is 0 Å². The predicted octanol–water partition coefficient (Wildman–Crippen LogP) is 0.646. The Balaban J connectivity index is 2.22. The minimum absolute atomic E-state index is 0.668. The minimum Gasteiger partial charge on any atom is -0.355 e. The number of hydrogen-bond donors (Lipinski definition) is 1. The van der Waals surface area contributed by atoms with Crippen molar-refractivity contribution in [3.8, 4) is 6.07 Å². The summed E-state index contributed by atoms with van der Waals surface area (Å²) >= 11 is 0. The van der Waals surface area contributed by atoms with E-state index in [9.17, 15) is 5.26 Å². The molecule has 2 heterocycles. The monoisotopic (exact) mass is 233 g/mol. The Morgan fingerprint density at radius 3 is 3.00 bits per heavy atom. The number of rotatable bonds is 3. The Labute approximate surface area is 102 Å². The first-order valence-corrected chi connectivity index (χ1v) is 6.00. The molecule has 0 radical (unpaired) electrons. The quantitative estimate of drug-likeness (QED) is 0.832. The van der Waals surface area contributed by atoms with Crippen LogP contribution in [-0.2, 0) is 7.05 Å². The van der Waals surface area contributed by atoms with E-state index in [2.05, 4.69) is 21.4 Å². The Morgan fingerprint density at radius 2 is 2.35 bits per heavy atom. The molecule has 1 atom stereocenters. The van der Waals surface area contributed by atoms with Crippen molar-refractivity contribution < 1.29 is 0 Å². The fourth-order valence-corrected chi connectivity index (χ4v) is 2.62. The first-order chi connectivity index (χ1) is 8.17. The second-order valence-corrected chi connectivity index (χ2v) is 4.68. The van der Waals surface area contributed by atoms with Crippen molar-refractivity contribution >= 4 is 5.82 Å². The highest BCUT2D eigenvalue weighted by Gasteiger charge is 2.27. The summed E-state index contributed by atoms with van der Waals surface area (Å²) in [6.45, 7) is 4.95. The SMILES string of the molecule is CNCC1CCN(c2c(C#N)c(C)nn2C)C1. The molecule has 0 bridgehead atoms. The lowest BCUT2D eigenvalue weighted by Gasteiger charge is -2.19. The molecule has 0 aromatic carbocycles. The molecule has 0 amide bonds. The van der Waals surface area contributed by atoms with Crippen LogP contribution in [0.1, 0.15) is 17.7 Å².